The zero-order chi connectivity index (χ0) is 20.0. The van der Waals surface area contributed by atoms with Crippen LogP contribution in [0, 0.1) is 5.82 Å². The van der Waals surface area contributed by atoms with Gasteiger partial charge in [-0.15, -0.1) is 0 Å². The van der Waals surface area contributed by atoms with Crippen molar-refractivity contribution in [2.24, 2.45) is 7.05 Å². The van der Waals surface area contributed by atoms with Gasteiger partial charge in [-0.3, -0.25) is 18.9 Å². The summed E-state index contributed by atoms with van der Waals surface area (Å²) < 4.78 is 17.1. The summed E-state index contributed by atoms with van der Waals surface area (Å²) in [7, 11) is 1.83. The summed E-state index contributed by atoms with van der Waals surface area (Å²) in [6.07, 6.45) is 9.16. The molecule has 0 radical (unpaired) electrons. The molecule has 0 bridgehead atoms. The number of aromatic nitrogens is 5. The maximum absolute atomic E-state index is 13.7. The summed E-state index contributed by atoms with van der Waals surface area (Å²) in [5.74, 6) is -0.381. The molecule has 1 saturated heterocycles. The number of hydrogen-bond donors (Lipinski definition) is 0. The molecule has 0 unspecified atom stereocenters. The number of rotatable bonds is 2. The van der Waals surface area contributed by atoms with Crippen molar-refractivity contribution >= 4 is 22.5 Å². The predicted molar refractivity (Wildman–Crippen MR) is 107 cm³/mol. The Morgan fingerprint density at radius 1 is 1.07 bits per heavy atom. The molecule has 5 rings (SSSR count). The van der Waals surface area contributed by atoms with Crippen molar-refractivity contribution in [1.82, 2.24) is 29.0 Å². The van der Waals surface area contributed by atoms with Crippen molar-refractivity contribution in [1.29, 1.82) is 0 Å². The van der Waals surface area contributed by atoms with Gasteiger partial charge in [-0.05, 0) is 31.0 Å². The van der Waals surface area contributed by atoms with E-state index in [0.29, 0.717) is 22.7 Å². The number of hydrogen-bond acceptors (Lipinski definition) is 4. The number of likely N-dealkylation sites (tertiary alicyclic amines) is 1. The summed E-state index contributed by atoms with van der Waals surface area (Å²) in [6, 6.07) is 4.80. The first-order valence-corrected chi connectivity index (χ1v) is 9.87. The lowest BCUT2D eigenvalue weighted by molar-refractivity contribution is 0.0756. The molecule has 1 aliphatic rings. The molecule has 148 valence electrons. The van der Waals surface area contributed by atoms with Crippen LogP contribution in [0.15, 0.2) is 36.8 Å². The summed E-state index contributed by atoms with van der Waals surface area (Å²) in [5, 5.41) is 5.41. The quantitative estimate of drug-likeness (QED) is 0.524. The minimum absolute atomic E-state index is 0.0339. The van der Waals surface area contributed by atoms with Crippen LogP contribution in [-0.4, -0.2) is 48.0 Å². The monoisotopic (exact) mass is 392 g/mol. The van der Waals surface area contributed by atoms with Crippen LogP contribution in [0.1, 0.15) is 36.2 Å². The molecule has 5 heterocycles. The van der Waals surface area contributed by atoms with E-state index in [0.717, 1.165) is 36.8 Å². The molecule has 0 aliphatic carbocycles. The van der Waals surface area contributed by atoms with Crippen LogP contribution < -0.4 is 0 Å². The minimum Gasteiger partial charge on any atom is -0.337 e. The minimum atomic E-state index is -0.347. The highest BCUT2D eigenvalue weighted by Crippen LogP contribution is 2.28. The molecule has 0 aromatic carbocycles. The van der Waals surface area contributed by atoms with E-state index in [9.17, 15) is 9.18 Å². The molecule has 4 aromatic heterocycles. The van der Waals surface area contributed by atoms with Crippen molar-refractivity contribution in [2.45, 2.75) is 25.7 Å². The first kappa shape index (κ1) is 17.8. The first-order valence-electron chi connectivity index (χ1n) is 9.87. The standard InChI is InChI=1S/C21H21FN6O/c1-26-17-10-16(21(29)27-8-4-2-3-5-9-27)23-11-15(17)20(25-26)18-12-24-19-7-6-14(22)13-28(18)19/h6-7,10-13H,2-5,8-9H2,1H3. The van der Waals surface area contributed by atoms with Gasteiger partial charge >= 0.3 is 0 Å². The fourth-order valence-corrected chi connectivity index (χ4v) is 4.02. The van der Waals surface area contributed by atoms with Crippen molar-refractivity contribution in [3.8, 4) is 11.4 Å². The molecule has 0 N–H and O–H groups in total. The summed E-state index contributed by atoms with van der Waals surface area (Å²) >= 11 is 0. The summed E-state index contributed by atoms with van der Waals surface area (Å²) in [4.78, 5) is 23.6. The molecule has 29 heavy (non-hydrogen) atoms. The zero-order valence-electron chi connectivity index (χ0n) is 16.2. The zero-order valence-corrected chi connectivity index (χ0v) is 16.2. The van der Waals surface area contributed by atoms with Crippen LogP contribution >= 0.6 is 0 Å². The number of carbonyl (C=O) groups is 1. The van der Waals surface area contributed by atoms with Gasteiger partial charge in [0.25, 0.3) is 5.91 Å². The van der Waals surface area contributed by atoms with Crippen LogP contribution in [0.5, 0.6) is 0 Å². The van der Waals surface area contributed by atoms with E-state index in [1.54, 1.807) is 33.6 Å². The van der Waals surface area contributed by atoms with Crippen LogP contribution in [0.3, 0.4) is 0 Å². The third kappa shape index (κ3) is 3.04. The third-order valence-electron chi connectivity index (χ3n) is 5.56. The lowest BCUT2D eigenvalue weighted by atomic mass is 10.2. The van der Waals surface area contributed by atoms with Crippen molar-refractivity contribution in [3.63, 3.8) is 0 Å². The molecule has 8 heteroatoms. The topological polar surface area (TPSA) is 68.3 Å². The number of pyridine rings is 2. The normalized spacial score (nSPS) is 15.2. The molecule has 1 aliphatic heterocycles. The van der Waals surface area contributed by atoms with E-state index in [4.69, 9.17) is 0 Å². The number of fused-ring (bicyclic) bond motifs is 2. The second-order valence-electron chi connectivity index (χ2n) is 7.48. The number of aryl methyl sites for hydroxylation is 1. The first-order chi connectivity index (χ1) is 14.1. The van der Waals surface area contributed by atoms with Crippen LogP contribution in [0.4, 0.5) is 4.39 Å². The molecule has 7 nitrogen and oxygen atoms in total. The Balaban J connectivity index is 1.57. The van der Waals surface area contributed by atoms with Gasteiger partial charge < -0.3 is 4.90 Å². The fourth-order valence-electron chi connectivity index (χ4n) is 4.02. The molecular weight excluding hydrogens is 371 g/mol. The van der Waals surface area contributed by atoms with Crippen LogP contribution in [-0.2, 0) is 7.05 Å². The second kappa shape index (κ2) is 6.95. The van der Waals surface area contributed by atoms with Crippen LogP contribution in [0.2, 0.25) is 0 Å². The van der Waals surface area contributed by atoms with E-state index >= 15 is 0 Å². The van der Waals surface area contributed by atoms with Gasteiger partial charge in [0.15, 0.2) is 0 Å². The Hall–Kier alpha value is -3.29. The molecule has 0 saturated carbocycles. The third-order valence-corrected chi connectivity index (χ3v) is 5.56. The number of nitrogens with zero attached hydrogens (tertiary/aromatic N) is 6. The van der Waals surface area contributed by atoms with Gasteiger partial charge in [-0.2, -0.15) is 5.10 Å². The highest BCUT2D eigenvalue weighted by atomic mass is 19.1. The van der Waals surface area contributed by atoms with Crippen molar-refractivity contribution < 1.29 is 9.18 Å². The van der Waals surface area contributed by atoms with Gasteiger partial charge in [0.2, 0.25) is 0 Å². The fraction of sp³-hybridized carbons (Fsp3) is 0.333. The lowest BCUT2D eigenvalue weighted by Gasteiger charge is -2.19. The average Bonchev–Trinajstić information content (AvgIpc) is 3.15. The largest absolute Gasteiger partial charge is 0.337 e. The highest BCUT2D eigenvalue weighted by Gasteiger charge is 2.21. The van der Waals surface area contributed by atoms with Crippen molar-refractivity contribution in [3.05, 3.63) is 48.3 Å². The molecule has 1 amide bonds. The summed E-state index contributed by atoms with van der Waals surface area (Å²) in [5.41, 5.74) is 3.21. The Morgan fingerprint density at radius 2 is 1.86 bits per heavy atom. The van der Waals surface area contributed by atoms with E-state index in [-0.39, 0.29) is 11.7 Å². The number of amides is 1. The average molecular weight is 392 g/mol. The van der Waals surface area contributed by atoms with Gasteiger partial charge in [-0.25, -0.2) is 9.37 Å². The molecular formula is C21H21FN6O. The summed E-state index contributed by atoms with van der Waals surface area (Å²) in [6.45, 7) is 1.56. The van der Waals surface area contributed by atoms with Gasteiger partial charge in [-0.1, -0.05) is 12.8 Å². The second-order valence-corrected chi connectivity index (χ2v) is 7.48. The SMILES string of the molecule is Cn1nc(-c2cnc3ccc(F)cn23)c2cnc(C(=O)N3CCCCCC3)cc21. The number of carbonyl (C=O) groups excluding carboxylic acids is 1. The Morgan fingerprint density at radius 3 is 2.66 bits per heavy atom. The molecule has 0 atom stereocenters. The lowest BCUT2D eigenvalue weighted by Crippen LogP contribution is -2.32. The number of imidazole rings is 1. The van der Waals surface area contributed by atoms with E-state index in [1.165, 1.54) is 25.1 Å². The maximum Gasteiger partial charge on any atom is 0.272 e. The molecule has 0 spiro atoms. The molecule has 1 fully saturated rings. The number of halogens is 1. The van der Waals surface area contributed by atoms with Gasteiger partial charge in [0, 0.05) is 37.9 Å². The van der Waals surface area contributed by atoms with Crippen LogP contribution in [0.25, 0.3) is 27.9 Å². The van der Waals surface area contributed by atoms with E-state index < -0.39 is 0 Å². The van der Waals surface area contributed by atoms with Crippen molar-refractivity contribution in [2.75, 3.05) is 13.1 Å². The maximum atomic E-state index is 13.7. The molecule has 4 aromatic rings. The Labute approximate surface area is 166 Å². The highest BCUT2D eigenvalue weighted by molar-refractivity contribution is 5.99. The predicted octanol–water partition coefficient (Wildman–Crippen LogP) is 3.44. The van der Waals surface area contributed by atoms with E-state index in [1.807, 2.05) is 11.9 Å². The Bertz CT molecular complexity index is 1220. The van der Waals surface area contributed by atoms with E-state index in [2.05, 4.69) is 15.1 Å². The Kier molecular flexibility index (Phi) is 4.26. The smallest absolute Gasteiger partial charge is 0.272 e. The van der Waals surface area contributed by atoms with Gasteiger partial charge in [0.05, 0.1) is 17.4 Å². The van der Waals surface area contributed by atoms with Gasteiger partial charge in [0.1, 0.15) is 22.9 Å².